The Hall–Kier alpha value is -1.18. The normalized spacial score (nSPS) is 13.5. The van der Waals surface area contributed by atoms with Crippen LogP contribution in [0, 0.1) is 5.82 Å². The van der Waals surface area contributed by atoms with Gasteiger partial charge in [-0.25, -0.2) is 12.8 Å². The highest BCUT2D eigenvalue weighted by molar-refractivity contribution is 7.92. The van der Waals surface area contributed by atoms with E-state index < -0.39 is 21.9 Å². The van der Waals surface area contributed by atoms with Gasteiger partial charge in [-0.15, -0.1) is 0 Å². The van der Waals surface area contributed by atoms with E-state index in [0.717, 1.165) is 18.4 Å². The molecule has 1 aromatic rings. The Kier molecular flexibility index (Phi) is 3.84. The van der Waals surface area contributed by atoms with Crippen LogP contribution >= 0.6 is 0 Å². The Balaban J connectivity index is 3.08. The molecule has 7 heteroatoms. The molecule has 0 bridgehead atoms. The van der Waals surface area contributed by atoms with E-state index in [4.69, 9.17) is 5.73 Å². The summed E-state index contributed by atoms with van der Waals surface area (Å²) in [6.07, 6.45) is -0.0625. The van der Waals surface area contributed by atoms with Crippen LogP contribution < -0.4 is 10.5 Å². The number of nitrogens with one attached hydrogen (secondary N) is 1. The zero-order valence-electron chi connectivity index (χ0n) is 8.64. The monoisotopic (exact) mass is 248 g/mol. The number of sulfonamides is 1. The van der Waals surface area contributed by atoms with Crippen LogP contribution in [-0.2, 0) is 10.0 Å². The number of aliphatic hydroxyl groups is 1. The van der Waals surface area contributed by atoms with Gasteiger partial charge in [0.15, 0.2) is 0 Å². The summed E-state index contributed by atoms with van der Waals surface area (Å²) in [6, 6.07) is 3.46. The first-order valence-electron chi connectivity index (χ1n) is 4.48. The number of nitrogens with two attached hydrogens (primary N) is 1. The molecule has 0 spiro atoms. The zero-order chi connectivity index (χ0) is 12.3. The van der Waals surface area contributed by atoms with Crippen molar-refractivity contribution < 1.29 is 17.9 Å². The molecule has 0 saturated heterocycles. The minimum atomic E-state index is -3.47. The second kappa shape index (κ2) is 4.77. The van der Waals surface area contributed by atoms with Crippen molar-refractivity contribution in [2.75, 3.05) is 17.5 Å². The van der Waals surface area contributed by atoms with Gasteiger partial charge in [0.25, 0.3) is 0 Å². The molecule has 0 aromatic heterocycles. The Morgan fingerprint density at radius 3 is 2.62 bits per heavy atom. The Labute approximate surface area is 93.1 Å². The Morgan fingerprint density at radius 1 is 1.50 bits per heavy atom. The van der Waals surface area contributed by atoms with Gasteiger partial charge in [-0.2, -0.15) is 0 Å². The lowest BCUT2D eigenvalue weighted by Gasteiger charge is -2.11. The predicted octanol–water partition coefficient (Wildman–Crippen LogP) is 0.189. The molecule has 0 amide bonds. The third kappa shape index (κ3) is 3.76. The summed E-state index contributed by atoms with van der Waals surface area (Å²) in [7, 11) is -3.47. The first kappa shape index (κ1) is 12.9. The smallest absolute Gasteiger partial charge is 0.229 e. The number of benzene rings is 1. The molecule has 1 aromatic carbocycles. The molecule has 0 heterocycles. The summed E-state index contributed by atoms with van der Waals surface area (Å²) in [6.45, 7) is -0.0677. The molecule has 0 fully saturated rings. The summed E-state index contributed by atoms with van der Waals surface area (Å²) in [5, 5.41) is 9.41. The van der Waals surface area contributed by atoms with E-state index in [9.17, 15) is 17.9 Å². The average Bonchev–Trinajstić information content (AvgIpc) is 2.12. The van der Waals surface area contributed by atoms with Crippen molar-refractivity contribution in [3.63, 3.8) is 0 Å². The number of anilines is 1. The molecule has 4 N–H and O–H groups in total. The minimum absolute atomic E-state index is 0.0602. The van der Waals surface area contributed by atoms with E-state index in [1.807, 2.05) is 0 Å². The summed E-state index contributed by atoms with van der Waals surface area (Å²) in [5.41, 5.74) is 5.51. The van der Waals surface area contributed by atoms with Gasteiger partial charge in [0, 0.05) is 6.54 Å². The first-order valence-corrected chi connectivity index (χ1v) is 6.37. The van der Waals surface area contributed by atoms with Crippen molar-refractivity contribution in [3.8, 4) is 0 Å². The summed E-state index contributed by atoms with van der Waals surface area (Å²) < 4.78 is 37.1. The first-order chi connectivity index (χ1) is 7.31. The fourth-order valence-electron chi connectivity index (χ4n) is 1.21. The second-order valence-corrected chi connectivity index (χ2v) is 5.15. The number of rotatable bonds is 4. The van der Waals surface area contributed by atoms with Gasteiger partial charge >= 0.3 is 0 Å². The predicted molar refractivity (Wildman–Crippen MR) is 58.9 cm³/mol. The van der Waals surface area contributed by atoms with Crippen LogP contribution in [0.2, 0.25) is 0 Å². The van der Waals surface area contributed by atoms with Crippen LogP contribution in [0.25, 0.3) is 0 Å². The highest BCUT2D eigenvalue weighted by Crippen LogP contribution is 2.19. The van der Waals surface area contributed by atoms with Gasteiger partial charge < -0.3 is 10.8 Å². The lowest BCUT2D eigenvalue weighted by molar-refractivity contribution is 0.186. The molecule has 16 heavy (non-hydrogen) atoms. The lowest BCUT2D eigenvalue weighted by Crippen LogP contribution is -2.13. The van der Waals surface area contributed by atoms with Gasteiger partial charge in [0.05, 0.1) is 18.0 Å². The van der Waals surface area contributed by atoms with Crippen molar-refractivity contribution in [2.24, 2.45) is 5.73 Å². The molecular weight excluding hydrogens is 235 g/mol. The third-order valence-corrected chi connectivity index (χ3v) is 2.44. The molecule has 0 aliphatic carbocycles. The van der Waals surface area contributed by atoms with Crippen molar-refractivity contribution in [1.82, 2.24) is 0 Å². The lowest BCUT2D eigenvalue weighted by atomic mass is 10.1. The summed E-state index contributed by atoms with van der Waals surface area (Å²) >= 11 is 0. The van der Waals surface area contributed by atoms with Crippen molar-refractivity contribution in [3.05, 3.63) is 29.6 Å². The third-order valence-electron chi connectivity index (χ3n) is 1.83. The topological polar surface area (TPSA) is 92.4 Å². The number of halogens is 1. The van der Waals surface area contributed by atoms with Crippen LogP contribution in [0.5, 0.6) is 0 Å². The minimum Gasteiger partial charge on any atom is -0.387 e. The van der Waals surface area contributed by atoms with E-state index in [1.165, 1.54) is 6.07 Å². The van der Waals surface area contributed by atoms with Gasteiger partial charge in [-0.05, 0) is 23.8 Å². The van der Waals surface area contributed by atoms with Crippen molar-refractivity contribution >= 4 is 15.7 Å². The maximum absolute atomic E-state index is 13.1. The molecular formula is C9H13FN2O3S. The average molecular weight is 248 g/mol. The fourth-order valence-corrected chi connectivity index (χ4v) is 1.76. The maximum Gasteiger partial charge on any atom is 0.229 e. The molecule has 5 nitrogen and oxygen atoms in total. The van der Waals surface area contributed by atoms with E-state index in [1.54, 1.807) is 0 Å². The largest absolute Gasteiger partial charge is 0.387 e. The van der Waals surface area contributed by atoms with Gasteiger partial charge in [-0.3, -0.25) is 4.72 Å². The van der Waals surface area contributed by atoms with Crippen molar-refractivity contribution in [2.45, 2.75) is 6.10 Å². The van der Waals surface area contributed by atoms with E-state index in [2.05, 4.69) is 4.72 Å². The Morgan fingerprint density at radius 2 is 2.12 bits per heavy atom. The van der Waals surface area contributed by atoms with E-state index in [0.29, 0.717) is 0 Å². The molecule has 0 aliphatic heterocycles. The Bertz CT molecular complexity index is 476. The highest BCUT2D eigenvalue weighted by Gasteiger charge is 2.10. The standard InChI is InChI=1S/C9H13FN2O3S/c1-16(14,15)12-8-3-6(9(13)5-11)2-7(10)4-8/h2-4,9,12-13H,5,11H2,1H3. The van der Waals surface area contributed by atoms with Gasteiger partial charge in [0.1, 0.15) is 5.82 Å². The number of hydrogen-bond acceptors (Lipinski definition) is 4. The summed E-state index contributed by atoms with van der Waals surface area (Å²) in [5.74, 6) is -0.642. The molecule has 0 aliphatic rings. The molecule has 0 radical (unpaired) electrons. The van der Waals surface area contributed by atoms with Gasteiger partial charge in [0.2, 0.25) is 10.0 Å². The number of aliphatic hydroxyl groups excluding tert-OH is 1. The van der Waals surface area contributed by atoms with Crippen LogP contribution in [0.1, 0.15) is 11.7 Å². The molecule has 90 valence electrons. The maximum atomic E-state index is 13.1. The second-order valence-electron chi connectivity index (χ2n) is 3.40. The van der Waals surface area contributed by atoms with E-state index >= 15 is 0 Å². The van der Waals surface area contributed by atoms with Crippen LogP contribution in [0.4, 0.5) is 10.1 Å². The molecule has 1 unspecified atom stereocenters. The molecule has 1 atom stereocenters. The van der Waals surface area contributed by atoms with Crippen LogP contribution in [-0.4, -0.2) is 26.3 Å². The van der Waals surface area contributed by atoms with Crippen molar-refractivity contribution in [1.29, 1.82) is 0 Å². The van der Waals surface area contributed by atoms with Crippen LogP contribution in [0.15, 0.2) is 18.2 Å². The SMILES string of the molecule is CS(=O)(=O)Nc1cc(F)cc(C(O)CN)c1. The summed E-state index contributed by atoms with van der Waals surface area (Å²) in [4.78, 5) is 0. The van der Waals surface area contributed by atoms with E-state index in [-0.39, 0.29) is 17.8 Å². The van der Waals surface area contributed by atoms with Crippen LogP contribution in [0.3, 0.4) is 0 Å². The highest BCUT2D eigenvalue weighted by atomic mass is 32.2. The molecule has 0 saturated carbocycles. The molecule has 1 rings (SSSR count). The quantitative estimate of drug-likeness (QED) is 0.709. The van der Waals surface area contributed by atoms with Gasteiger partial charge in [-0.1, -0.05) is 0 Å². The fraction of sp³-hybridized carbons (Fsp3) is 0.333. The number of hydrogen-bond donors (Lipinski definition) is 3. The zero-order valence-corrected chi connectivity index (χ0v) is 9.46.